The normalized spacial score (nSPS) is 19.0. The van der Waals surface area contributed by atoms with E-state index in [1.54, 1.807) is 0 Å². The van der Waals surface area contributed by atoms with Crippen LogP contribution in [0, 0.1) is 0 Å². The maximum absolute atomic E-state index is 2.50. The monoisotopic (exact) mass is 300 g/mol. The van der Waals surface area contributed by atoms with Crippen molar-refractivity contribution < 1.29 is 0 Å². The first-order valence-corrected chi connectivity index (χ1v) is 11.2. The first-order chi connectivity index (χ1) is 10.4. The second-order valence-corrected chi connectivity index (χ2v) is 10.0. The van der Waals surface area contributed by atoms with Gasteiger partial charge in [0, 0.05) is 0 Å². The molecule has 0 heterocycles. The molecule has 21 heavy (non-hydrogen) atoms. The molecule has 0 saturated carbocycles. The lowest BCUT2D eigenvalue weighted by atomic mass is 10.1. The molecule has 0 bridgehead atoms. The van der Waals surface area contributed by atoms with Gasteiger partial charge < -0.3 is 0 Å². The molecule has 116 valence electrons. The lowest BCUT2D eigenvalue weighted by Gasteiger charge is -2.28. The van der Waals surface area contributed by atoms with E-state index in [1.807, 2.05) is 0 Å². The van der Waals surface area contributed by atoms with Crippen molar-refractivity contribution in [2.24, 2.45) is 0 Å². The van der Waals surface area contributed by atoms with E-state index in [4.69, 9.17) is 0 Å². The Labute approximate surface area is 133 Å². The minimum Gasteiger partial charge on any atom is -0.0845 e. The Kier molecular flexibility index (Phi) is 7.88. The first kappa shape index (κ1) is 16.5. The van der Waals surface area contributed by atoms with Crippen LogP contribution < -0.4 is 0 Å². The van der Waals surface area contributed by atoms with Crippen LogP contribution in [-0.2, 0) is 0 Å². The number of unbranched alkanes of at least 4 members (excludes halogenated alkanes) is 5. The molecular weight excluding hydrogens is 268 g/mol. The average molecular weight is 301 g/mol. The number of allylic oxidation sites excluding steroid dienone is 8. The lowest BCUT2D eigenvalue weighted by molar-refractivity contribution is 0.622. The topological polar surface area (TPSA) is 0 Å². The second kappa shape index (κ2) is 10.00. The molecule has 0 atom stereocenters. The van der Waals surface area contributed by atoms with Gasteiger partial charge in [-0.1, -0.05) is 100 Å². The highest BCUT2D eigenvalue weighted by molar-refractivity contribution is 6.64. The van der Waals surface area contributed by atoms with Gasteiger partial charge in [0.2, 0.25) is 0 Å². The SMILES string of the molecule is CCCCCCCC[SiH](C1C=CCC=C1)C1C=CCC=C1. The molecule has 0 saturated heterocycles. The fourth-order valence-corrected chi connectivity index (χ4v) is 7.41. The van der Waals surface area contributed by atoms with Gasteiger partial charge in [0.25, 0.3) is 0 Å². The molecule has 0 N–H and O–H groups in total. The number of hydrogen-bond donors (Lipinski definition) is 0. The van der Waals surface area contributed by atoms with Crippen molar-refractivity contribution in [3.63, 3.8) is 0 Å². The molecular formula is C20H32Si. The molecule has 0 aliphatic heterocycles. The van der Waals surface area contributed by atoms with Gasteiger partial charge in [0.05, 0.1) is 8.80 Å². The summed E-state index contributed by atoms with van der Waals surface area (Å²) in [5.74, 6) is 0. The minimum atomic E-state index is -0.803. The third-order valence-corrected chi connectivity index (χ3v) is 8.80. The highest BCUT2D eigenvalue weighted by Gasteiger charge is 2.25. The van der Waals surface area contributed by atoms with Crippen molar-refractivity contribution in [3.8, 4) is 0 Å². The molecule has 0 spiro atoms. The average Bonchev–Trinajstić information content (AvgIpc) is 2.56. The lowest BCUT2D eigenvalue weighted by Crippen LogP contribution is -2.24. The molecule has 0 radical (unpaired) electrons. The maximum Gasteiger partial charge on any atom is 0.0605 e. The summed E-state index contributed by atoms with van der Waals surface area (Å²) in [6, 6.07) is 1.50. The molecule has 0 nitrogen and oxygen atoms in total. The van der Waals surface area contributed by atoms with Crippen molar-refractivity contribution in [2.75, 3.05) is 0 Å². The van der Waals surface area contributed by atoms with Crippen LogP contribution in [0.25, 0.3) is 0 Å². The van der Waals surface area contributed by atoms with E-state index in [0.717, 1.165) is 23.9 Å². The van der Waals surface area contributed by atoms with Crippen LogP contribution in [-0.4, -0.2) is 8.80 Å². The summed E-state index contributed by atoms with van der Waals surface area (Å²) < 4.78 is 0. The summed E-state index contributed by atoms with van der Waals surface area (Å²) in [5.41, 5.74) is 1.57. The van der Waals surface area contributed by atoms with Crippen LogP contribution in [0.15, 0.2) is 48.6 Å². The summed E-state index contributed by atoms with van der Waals surface area (Å²) >= 11 is 0. The highest BCUT2D eigenvalue weighted by Crippen LogP contribution is 2.34. The Balaban J connectivity index is 1.83. The van der Waals surface area contributed by atoms with Gasteiger partial charge in [-0.2, -0.15) is 0 Å². The molecule has 0 aromatic carbocycles. The van der Waals surface area contributed by atoms with Gasteiger partial charge in [0.1, 0.15) is 0 Å². The van der Waals surface area contributed by atoms with Crippen LogP contribution in [0.1, 0.15) is 58.3 Å². The van der Waals surface area contributed by atoms with Crippen LogP contribution in [0.5, 0.6) is 0 Å². The van der Waals surface area contributed by atoms with Crippen LogP contribution in [0.3, 0.4) is 0 Å². The maximum atomic E-state index is 2.50. The molecule has 2 aliphatic rings. The van der Waals surface area contributed by atoms with Crippen molar-refractivity contribution in [2.45, 2.75) is 75.4 Å². The second-order valence-electron chi connectivity index (χ2n) is 6.56. The van der Waals surface area contributed by atoms with E-state index in [1.165, 1.54) is 44.6 Å². The summed E-state index contributed by atoms with van der Waals surface area (Å²) in [4.78, 5) is 0. The zero-order valence-electron chi connectivity index (χ0n) is 13.7. The van der Waals surface area contributed by atoms with E-state index < -0.39 is 8.80 Å². The van der Waals surface area contributed by atoms with E-state index in [-0.39, 0.29) is 0 Å². The van der Waals surface area contributed by atoms with E-state index in [9.17, 15) is 0 Å². The third kappa shape index (κ3) is 5.82. The fraction of sp³-hybridized carbons (Fsp3) is 0.600. The van der Waals surface area contributed by atoms with Crippen LogP contribution in [0.2, 0.25) is 17.1 Å². The minimum absolute atomic E-state index is 0.784. The quantitative estimate of drug-likeness (QED) is 0.264. The van der Waals surface area contributed by atoms with E-state index in [2.05, 4.69) is 55.5 Å². The van der Waals surface area contributed by atoms with E-state index >= 15 is 0 Å². The smallest absolute Gasteiger partial charge is 0.0605 e. The van der Waals surface area contributed by atoms with Gasteiger partial charge >= 0.3 is 0 Å². The first-order valence-electron chi connectivity index (χ1n) is 9.08. The number of rotatable bonds is 9. The van der Waals surface area contributed by atoms with Crippen molar-refractivity contribution >= 4 is 8.80 Å². The van der Waals surface area contributed by atoms with Gasteiger partial charge in [-0.15, -0.1) is 0 Å². The van der Waals surface area contributed by atoms with Crippen molar-refractivity contribution in [1.29, 1.82) is 0 Å². The summed E-state index contributed by atoms with van der Waals surface area (Å²) in [6.07, 6.45) is 30.4. The van der Waals surface area contributed by atoms with Crippen molar-refractivity contribution in [1.82, 2.24) is 0 Å². The summed E-state index contributed by atoms with van der Waals surface area (Å²) in [7, 11) is -0.803. The Bertz CT molecular complexity index is 335. The zero-order valence-corrected chi connectivity index (χ0v) is 14.9. The van der Waals surface area contributed by atoms with Gasteiger partial charge in [-0.25, -0.2) is 0 Å². The largest absolute Gasteiger partial charge is 0.0845 e. The molecule has 0 amide bonds. The Morgan fingerprint density at radius 1 is 0.714 bits per heavy atom. The standard InChI is InChI=1S/C20H32Si/c1-2-3-4-5-6-13-18-21(19-14-9-7-10-15-19)20-16-11-8-12-17-20/h9-12,14-17,19-21H,2-8,13,18H2,1H3. The van der Waals surface area contributed by atoms with E-state index in [0.29, 0.717) is 0 Å². The zero-order chi connectivity index (χ0) is 14.8. The molecule has 0 aromatic heterocycles. The molecule has 0 unspecified atom stereocenters. The Hall–Kier alpha value is -0.823. The molecule has 2 aliphatic carbocycles. The third-order valence-electron chi connectivity index (χ3n) is 4.86. The van der Waals surface area contributed by atoms with Crippen LogP contribution in [0.4, 0.5) is 0 Å². The summed E-state index contributed by atoms with van der Waals surface area (Å²) in [5, 5.41) is 0. The predicted octanol–water partition coefficient (Wildman–Crippen LogP) is 6.35. The van der Waals surface area contributed by atoms with Gasteiger partial charge in [0.15, 0.2) is 0 Å². The van der Waals surface area contributed by atoms with Gasteiger partial charge in [-0.3, -0.25) is 0 Å². The Morgan fingerprint density at radius 3 is 1.71 bits per heavy atom. The Morgan fingerprint density at radius 2 is 1.19 bits per heavy atom. The van der Waals surface area contributed by atoms with Crippen LogP contribution >= 0.6 is 0 Å². The number of hydrogen-bond acceptors (Lipinski definition) is 0. The van der Waals surface area contributed by atoms with Gasteiger partial charge in [-0.05, 0) is 23.9 Å². The molecule has 2 rings (SSSR count). The van der Waals surface area contributed by atoms with Crippen molar-refractivity contribution in [3.05, 3.63) is 48.6 Å². The molecule has 0 aromatic rings. The fourth-order valence-electron chi connectivity index (χ4n) is 3.60. The molecule has 1 heteroatoms. The summed E-state index contributed by atoms with van der Waals surface area (Å²) in [6.45, 7) is 2.30. The molecule has 0 fully saturated rings. The highest BCUT2D eigenvalue weighted by atomic mass is 28.3. The predicted molar refractivity (Wildman–Crippen MR) is 98.6 cm³/mol.